The second kappa shape index (κ2) is 10.2. The predicted octanol–water partition coefficient (Wildman–Crippen LogP) is 0.907. The summed E-state index contributed by atoms with van der Waals surface area (Å²) in [6.07, 6.45) is -0.990. The Morgan fingerprint density at radius 3 is 1.93 bits per heavy atom. The third kappa shape index (κ3) is 6.51. The molecule has 0 heterocycles. The minimum Gasteiger partial charge on any atom is -0.480 e. The summed E-state index contributed by atoms with van der Waals surface area (Å²) in [5.41, 5.74) is 1.61. The fraction of sp³-hybridized carbons (Fsp3) is 0.286. The highest BCUT2D eigenvalue weighted by molar-refractivity contribution is 5.91. The van der Waals surface area contributed by atoms with E-state index in [2.05, 4.69) is 10.6 Å². The van der Waals surface area contributed by atoms with Gasteiger partial charge in [0.25, 0.3) is 0 Å². The van der Waals surface area contributed by atoms with Gasteiger partial charge in [0.15, 0.2) is 6.04 Å². The first-order valence-electron chi connectivity index (χ1n) is 8.95. The van der Waals surface area contributed by atoms with E-state index in [0.717, 1.165) is 11.1 Å². The molecule has 2 amide bonds. The van der Waals surface area contributed by atoms with Crippen molar-refractivity contribution in [1.82, 2.24) is 10.6 Å². The van der Waals surface area contributed by atoms with Crippen molar-refractivity contribution >= 4 is 17.8 Å². The number of carbonyl (C=O) groups is 3. The van der Waals surface area contributed by atoms with Gasteiger partial charge in [-0.2, -0.15) is 0 Å². The molecule has 0 aliphatic heterocycles. The van der Waals surface area contributed by atoms with Gasteiger partial charge in [0.1, 0.15) is 6.04 Å². The van der Waals surface area contributed by atoms with Gasteiger partial charge in [-0.15, -0.1) is 0 Å². The van der Waals surface area contributed by atoms with E-state index >= 15 is 0 Å². The normalized spacial score (nSPS) is 13.8. The lowest BCUT2D eigenvalue weighted by molar-refractivity contribution is -0.145. The van der Waals surface area contributed by atoms with Crippen LogP contribution in [0, 0.1) is 0 Å². The molecule has 0 spiro atoms. The molecule has 7 nitrogen and oxygen atoms in total. The van der Waals surface area contributed by atoms with Crippen LogP contribution in [0.15, 0.2) is 60.7 Å². The second-order valence-electron chi connectivity index (χ2n) is 6.54. The number of carbonyl (C=O) groups excluding carboxylic acids is 2. The lowest BCUT2D eigenvalue weighted by Gasteiger charge is -2.23. The number of aliphatic hydroxyl groups excluding tert-OH is 1. The van der Waals surface area contributed by atoms with Crippen LogP contribution in [0.4, 0.5) is 0 Å². The number of rotatable bonds is 9. The zero-order valence-corrected chi connectivity index (χ0v) is 15.5. The first-order valence-corrected chi connectivity index (χ1v) is 8.95. The first kappa shape index (κ1) is 21.1. The van der Waals surface area contributed by atoms with Gasteiger partial charge in [0.05, 0.1) is 12.5 Å². The highest BCUT2D eigenvalue weighted by Crippen LogP contribution is 2.06. The Labute approximate surface area is 163 Å². The van der Waals surface area contributed by atoms with Gasteiger partial charge in [0, 0.05) is 6.42 Å². The fourth-order valence-corrected chi connectivity index (χ4v) is 2.73. The van der Waals surface area contributed by atoms with Gasteiger partial charge in [-0.25, -0.2) is 4.79 Å². The molecular weight excluding hydrogens is 360 g/mol. The van der Waals surface area contributed by atoms with E-state index in [4.69, 9.17) is 0 Å². The van der Waals surface area contributed by atoms with E-state index in [1.165, 1.54) is 6.92 Å². The standard InChI is InChI=1S/C21H24N2O5/c1-14(24)19(21(27)28)23-20(26)17(12-15-8-4-2-5-9-15)22-18(25)13-16-10-6-3-7-11-16/h2-11,14,17,19,24H,12-13H2,1H3,(H,22,25)(H,23,26)(H,27,28)/t14-,17+,19+/m1/s1. The summed E-state index contributed by atoms with van der Waals surface area (Å²) in [6.45, 7) is 1.28. The average Bonchev–Trinajstić information content (AvgIpc) is 2.66. The molecule has 0 aliphatic rings. The molecule has 0 fully saturated rings. The molecule has 2 aromatic carbocycles. The van der Waals surface area contributed by atoms with Crippen LogP contribution < -0.4 is 10.6 Å². The quantitative estimate of drug-likeness (QED) is 0.513. The zero-order valence-electron chi connectivity index (χ0n) is 15.5. The number of hydrogen-bond acceptors (Lipinski definition) is 4. The lowest BCUT2D eigenvalue weighted by Crippen LogP contribution is -2.55. The van der Waals surface area contributed by atoms with Crippen molar-refractivity contribution in [3.63, 3.8) is 0 Å². The monoisotopic (exact) mass is 384 g/mol. The minimum atomic E-state index is -1.46. The topological polar surface area (TPSA) is 116 Å². The van der Waals surface area contributed by atoms with E-state index in [1.54, 1.807) is 12.1 Å². The van der Waals surface area contributed by atoms with E-state index in [1.807, 2.05) is 48.5 Å². The number of amides is 2. The smallest absolute Gasteiger partial charge is 0.328 e. The maximum Gasteiger partial charge on any atom is 0.328 e. The summed E-state index contributed by atoms with van der Waals surface area (Å²) in [7, 11) is 0. The molecule has 0 radical (unpaired) electrons. The van der Waals surface area contributed by atoms with Gasteiger partial charge in [-0.3, -0.25) is 9.59 Å². The summed E-state index contributed by atoms with van der Waals surface area (Å²) in [6, 6.07) is 15.7. The number of carboxylic acid groups (broad SMARTS) is 1. The Morgan fingerprint density at radius 2 is 1.43 bits per heavy atom. The van der Waals surface area contributed by atoms with Crippen LogP contribution in [0.1, 0.15) is 18.1 Å². The number of carboxylic acids is 1. The van der Waals surface area contributed by atoms with Crippen molar-refractivity contribution in [3.8, 4) is 0 Å². The Hall–Kier alpha value is -3.19. The predicted molar refractivity (Wildman–Crippen MR) is 103 cm³/mol. The van der Waals surface area contributed by atoms with Crippen molar-refractivity contribution in [2.24, 2.45) is 0 Å². The number of aliphatic carboxylic acids is 1. The van der Waals surface area contributed by atoms with Crippen molar-refractivity contribution in [2.45, 2.75) is 38.0 Å². The van der Waals surface area contributed by atoms with E-state index < -0.39 is 30.1 Å². The molecule has 0 unspecified atom stereocenters. The number of benzene rings is 2. The van der Waals surface area contributed by atoms with Crippen LogP contribution in [0.2, 0.25) is 0 Å². The molecule has 28 heavy (non-hydrogen) atoms. The maximum atomic E-state index is 12.7. The van der Waals surface area contributed by atoms with Crippen molar-refractivity contribution < 1.29 is 24.6 Å². The van der Waals surface area contributed by atoms with Crippen molar-refractivity contribution in [2.75, 3.05) is 0 Å². The molecule has 0 bridgehead atoms. The number of nitrogens with one attached hydrogen (secondary N) is 2. The minimum absolute atomic E-state index is 0.0954. The average molecular weight is 384 g/mol. The summed E-state index contributed by atoms with van der Waals surface area (Å²) >= 11 is 0. The van der Waals surface area contributed by atoms with E-state index in [0.29, 0.717) is 0 Å². The molecule has 0 aliphatic carbocycles. The Morgan fingerprint density at radius 1 is 0.893 bits per heavy atom. The molecule has 2 aromatic rings. The summed E-state index contributed by atoms with van der Waals surface area (Å²) in [4.78, 5) is 36.3. The first-order chi connectivity index (χ1) is 13.4. The third-order valence-corrected chi connectivity index (χ3v) is 4.19. The van der Waals surface area contributed by atoms with E-state index in [-0.39, 0.29) is 18.7 Å². The zero-order chi connectivity index (χ0) is 20.5. The Bertz CT molecular complexity index is 793. The highest BCUT2D eigenvalue weighted by atomic mass is 16.4. The molecule has 4 N–H and O–H groups in total. The molecule has 2 rings (SSSR count). The molecular formula is C21H24N2O5. The van der Waals surface area contributed by atoms with Crippen LogP contribution in [-0.4, -0.2) is 46.2 Å². The van der Waals surface area contributed by atoms with E-state index in [9.17, 15) is 24.6 Å². The van der Waals surface area contributed by atoms with Gasteiger partial charge >= 0.3 is 5.97 Å². The van der Waals surface area contributed by atoms with Gasteiger partial charge < -0.3 is 20.8 Å². The number of hydrogen-bond donors (Lipinski definition) is 4. The molecule has 3 atom stereocenters. The third-order valence-electron chi connectivity index (χ3n) is 4.19. The van der Waals surface area contributed by atoms with Crippen LogP contribution >= 0.6 is 0 Å². The van der Waals surface area contributed by atoms with Crippen LogP contribution in [0.3, 0.4) is 0 Å². The summed E-state index contributed by atoms with van der Waals surface area (Å²) in [5.74, 6) is -2.37. The van der Waals surface area contributed by atoms with Crippen LogP contribution in [0.25, 0.3) is 0 Å². The van der Waals surface area contributed by atoms with Crippen LogP contribution in [-0.2, 0) is 27.2 Å². The molecule has 0 saturated heterocycles. The molecule has 148 valence electrons. The van der Waals surface area contributed by atoms with Gasteiger partial charge in [0.2, 0.25) is 11.8 Å². The van der Waals surface area contributed by atoms with Gasteiger partial charge in [-0.1, -0.05) is 60.7 Å². The van der Waals surface area contributed by atoms with Gasteiger partial charge in [-0.05, 0) is 18.1 Å². The molecule has 0 aromatic heterocycles. The highest BCUT2D eigenvalue weighted by Gasteiger charge is 2.29. The Kier molecular flexibility index (Phi) is 7.71. The van der Waals surface area contributed by atoms with Crippen molar-refractivity contribution in [3.05, 3.63) is 71.8 Å². The van der Waals surface area contributed by atoms with Crippen LogP contribution in [0.5, 0.6) is 0 Å². The number of aliphatic hydroxyl groups is 1. The molecule has 0 saturated carbocycles. The molecule has 7 heteroatoms. The second-order valence-corrected chi connectivity index (χ2v) is 6.54. The van der Waals surface area contributed by atoms with Crippen molar-refractivity contribution in [1.29, 1.82) is 0 Å². The maximum absolute atomic E-state index is 12.7. The Balaban J connectivity index is 2.12. The summed E-state index contributed by atoms with van der Waals surface area (Å²) in [5, 5.41) is 23.7. The SMILES string of the molecule is C[C@@H](O)[C@H](NC(=O)[C@H](Cc1ccccc1)NC(=O)Cc1ccccc1)C(=O)O. The fourth-order valence-electron chi connectivity index (χ4n) is 2.73. The largest absolute Gasteiger partial charge is 0.480 e. The summed E-state index contributed by atoms with van der Waals surface area (Å²) < 4.78 is 0. The lowest BCUT2D eigenvalue weighted by atomic mass is 10.0.